The summed E-state index contributed by atoms with van der Waals surface area (Å²) in [6.45, 7) is 4.82. The van der Waals surface area contributed by atoms with E-state index >= 15 is 0 Å². The molecule has 0 bridgehead atoms. The molecule has 1 unspecified atom stereocenters. The highest BCUT2D eigenvalue weighted by Gasteiger charge is 2.20. The lowest BCUT2D eigenvalue weighted by molar-refractivity contribution is 0.119. The van der Waals surface area contributed by atoms with Gasteiger partial charge in [-0.1, -0.05) is 12.1 Å². The maximum absolute atomic E-state index is 5.84. The van der Waals surface area contributed by atoms with Gasteiger partial charge >= 0.3 is 0 Å². The molecule has 1 fully saturated rings. The highest BCUT2D eigenvalue weighted by atomic mass is 16.5. The van der Waals surface area contributed by atoms with Crippen LogP contribution in [0.15, 0.2) is 24.3 Å². The molecule has 0 radical (unpaired) electrons. The van der Waals surface area contributed by atoms with Crippen molar-refractivity contribution < 1.29 is 4.74 Å². The lowest BCUT2D eigenvalue weighted by atomic mass is 10.1. The van der Waals surface area contributed by atoms with Gasteiger partial charge in [-0.05, 0) is 64.1 Å². The van der Waals surface area contributed by atoms with Crippen molar-refractivity contribution in [2.75, 3.05) is 46.9 Å². The number of piperidine rings is 1. The van der Waals surface area contributed by atoms with Gasteiger partial charge in [0.15, 0.2) is 0 Å². The van der Waals surface area contributed by atoms with Crippen LogP contribution in [0, 0.1) is 0 Å². The molecule has 1 heterocycles. The van der Waals surface area contributed by atoms with Gasteiger partial charge in [0.25, 0.3) is 0 Å². The van der Waals surface area contributed by atoms with Crippen LogP contribution in [0.5, 0.6) is 5.75 Å². The molecule has 0 spiro atoms. The summed E-state index contributed by atoms with van der Waals surface area (Å²) in [5, 5.41) is 0. The number of likely N-dealkylation sites (N-methyl/N-ethyl adjacent to an activating group) is 2. The molecule has 1 aromatic rings. The zero-order valence-corrected chi connectivity index (χ0v) is 13.4. The Morgan fingerprint density at radius 1 is 1.33 bits per heavy atom. The summed E-state index contributed by atoms with van der Waals surface area (Å²) in [7, 11) is 4.41. The van der Waals surface area contributed by atoms with Gasteiger partial charge in [-0.3, -0.25) is 4.90 Å². The minimum absolute atomic E-state index is 0.666. The van der Waals surface area contributed by atoms with Gasteiger partial charge in [-0.25, -0.2) is 0 Å². The van der Waals surface area contributed by atoms with Crippen LogP contribution in [0.25, 0.3) is 0 Å². The molecule has 1 aliphatic rings. The first-order chi connectivity index (χ1) is 10.2. The van der Waals surface area contributed by atoms with E-state index < -0.39 is 0 Å². The fourth-order valence-corrected chi connectivity index (χ4v) is 2.91. The van der Waals surface area contributed by atoms with Crippen LogP contribution in [0.1, 0.15) is 18.4 Å². The first kappa shape index (κ1) is 16.3. The van der Waals surface area contributed by atoms with Crippen LogP contribution >= 0.6 is 0 Å². The van der Waals surface area contributed by atoms with Gasteiger partial charge in [0, 0.05) is 19.1 Å². The molecule has 1 aliphatic heterocycles. The molecule has 1 aromatic carbocycles. The second kappa shape index (κ2) is 8.37. The fraction of sp³-hybridized carbons (Fsp3) is 0.647. The van der Waals surface area contributed by atoms with Crippen molar-refractivity contribution in [1.29, 1.82) is 0 Å². The Morgan fingerprint density at radius 3 is 2.76 bits per heavy atom. The molecule has 21 heavy (non-hydrogen) atoms. The lowest BCUT2D eigenvalue weighted by Gasteiger charge is -2.35. The summed E-state index contributed by atoms with van der Waals surface area (Å²) < 4.78 is 5.84. The predicted molar refractivity (Wildman–Crippen MR) is 87.8 cm³/mol. The molecule has 2 rings (SSSR count). The number of nitrogens with two attached hydrogens (primary N) is 1. The molecule has 0 amide bonds. The highest BCUT2D eigenvalue weighted by Crippen LogP contribution is 2.14. The number of benzene rings is 1. The topological polar surface area (TPSA) is 41.7 Å². The van der Waals surface area contributed by atoms with Crippen LogP contribution in [0.4, 0.5) is 0 Å². The van der Waals surface area contributed by atoms with E-state index in [-0.39, 0.29) is 0 Å². The number of hydrogen-bond donors (Lipinski definition) is 1. The average Bonchev–Trinajstić information content (AvgIpc) is 2.49. The molecule has 118 valence electrons. The Labute approximate surface area is 128 Å². The molecule has 1 atom stereocenters. The number of rotatable bonds is 7. The van der Waals surface area contributed by atoms with Crippen LogP contribution in [-0.4, -0.2) is 62.7 Å². The van der Waals surface area contributed by atoms with Crippen molar-refractivity contribution >= 4 is 0 Å². The van der Waals surface area contributed by atoms with Crippen LogP contribution < -0.4 is 10.5 Å². The maximum Gasteiger partial charge on any atom is 0.119 e. The first-order valence-corrected chi connectivity index (χ1v) is 7.99. The third kappa shape index (κ3) is 5.30. The normalized spacial score (nSPS) is 19.9. The summed E-state index contributed by atoms with van der Waals surface area (Å²) in [6.07, 6.45) is 3.53. The zero-order chi connectivity index (χ0) is 15.1. The summed E-state index contributed by atoms with van der Waals surface area (Å²) in [6, 6.07) is 8.95. The molecular weight excluding hydrogens is 262 g/mol. The van der Waals surface area contributed by atoms with Gasteiger partial charge in [-0.15, -0.1) is 0 Å². The van der Waals surface area contributed by atoms with E-state index in [2.05, 4.69) is 36.0 Å². The van der Waals surface area contributed by atoms with Crippen molar-refractivity contribution in [1.82, 2.24) is 9.80 Å². The standard InChI is InChI=1S/C17H29N3O/c1-19-11-3-4-16(14-19)20(2)12-13-21-17-7-5-15(6-8-17)9-10-18/h5-8,16H,3-4,9-14,18H2,1-2H3. The average molecular weight is 291 g/mol. The van der Waals surface area contributed by atoms with Crippen molar-refractivity contribution in [3.8, 4) is 5.75 Å². The minimum atomic E-state index is 0.666. The summed E-state index contributed by atoms with van der Waals surface area (Å²) in [5.74, 6) is 0.949. The molecule has 4 heteroatoms. The lowest BCUT2D eigenvalue weighted by Crippen LogP contribution is -2.46. The quantitative estimate of drug-likeness (QED) is 0.828. The van der Waals surface area contributed by atoms with E-state index in [4.69, 9.17) is 10.5 Å². The van der Waals surface area contributed by atoms with Crippen LogP contribution in [0.2, 0.25) is 0 Å². The number of ether oxygens (including phenoxy) is 1. The molecule has 0 saturated carbocycles. The molecule has 2 N–H and O–H groups in total. The van der Waals surface area contributed by atoms with Crippen molar-refractivity contribution in [2.24, 2.45) is 5.73 Å². The second-order valence-corrected chi connectivity index (χ2v) is 6.07. The van der Waals surface area contributed by atoms with Crippen molar-refractivity contribution in [3.63, 3.8) is 0 Å². The van der Waals surface area contributed by atoms with E-state index in [0.29, 0.717) is 12.6 Å². The van der Waals surface area contributed by atoms with Gasteiger partial charge < -0.3 is 15.4 Å². The van der Waals surface area contributed by atoms with E-state index in [1.54, 1.807) is 0 Å². The summed E-state index contributed by atoms with van der Waals surface area (Å²) >= 11 is 0. The SMILES string of the molecule is CN1CCCC(N(C)CCOc2ccc(CCN)cc2)C1. The Kier molecular flexibility index (Phi) is 6.49. The maximum atomic E-state index is 5.84. The Bertz CT molecular complexity index is 407. The van der Waals surface area contributed by atoms with Gasteiger partial charge in [0.2, 0.25) is 0 Å². The van der Waals surface area contributed by atoms with Gasteiger partial charge in [0.05, 0.1) is 0 Å². The van der Waals surface area contributed by atoms with E-state index in [0.717, 1.165) is 25.3 Å². The van der Waals surface area contributed by atoms with Crippen molar-refractivity contribution in [3.05, 3.63) is 29.8 Å². The molecule has 1 saturated heterocycles. The smallest absolute Gasteiger partial charge is 0.119 e. The van der Waals surface area contributed by atoms with E-state index in [1.807, 2.05) is 12.1 Å². The first-order valence-electron chi connectivity index (χ1n) is 7.99. The molecular formula is C17H29N3O. The van der Waals surface area contributed by atoms with Gasteiger partial charge in [-0.2, -0.15) is 0 Å². The summed E-state index contributed by atoms with van der Waals surface area (Å²) in [4.78, 5) is 4.85. The minimum Gasteiger partial charge on any atom is -0.492 e. The fourth-order valence-electron chi connectivity index (χ4n) is 2.91. The number of likely N-dealkylation sites (tertiary alicyclic amines) is 1. The third-order valence-corrected chi connectivity index (χ3v) is 4.29. The van der Waals surface area contributed by atoms with Crippen LogP contribution in [-0.2, 0) is 6.42 Å². The Morgan fingerprint density at radius 2 is 2.10 bits per heavy atom. The second-order valence-electron chi connectivity index (χ2n) is 6.07. The van der Waals surface area contributed by atoms with Gasteiger partial charge in [0.1, 0.15) is 12.4 Å². The van der Waals surface area contributed by atoms with E-state index in [9.17, 15) is 0 Å². The molecule has 0 aromatic heterocycles. The number of hydrogen-bond acceptors (Lipinski definition) is 4. The van der Waals surface area contributed by atoms with E-state index in [1.165, 1.54) is 31.5 Å². The molecule has 4 nitrogen and oxygen atoms in total. The molecule has 0 aliphatic carbocycles. The largest absolute Gasteiger partial charge is 0.492 e. The summed E-state index contributed by atoms with van der Waals surface area (Å²) in [5.41, 5.74) is 6.82. The van der Waals surface area contributed by atoms with Crippen LogP contribution in [0.3, 0.4) is 0 Å². The van der Waals surface area contributed by atoms with Crippen molar-refractivity contribution in [2.45, 2.75) is 25.3 Å². The highest BCUT2D eigenvalue weighted by molar-refractivity contribution is 5.27. The third-order valence-electron chi connectivity index (χ3n) is 4.29. The number of nitrogens with zero attached hydrogens (tertiary/aromatic N) is 2. The Hall–Kier alpha value is -1.10. The Balaban J connectivity index is 1.70. The monoisotopic (exact) mass is 291 g/mol. The predicted octanol–water partition coefficient (Wildman–Crippen LogP) is 1.59. The zero-order valence-electron chi connectivity index (χ0n) is 13.4.